The van der Waals surface area contributed by atoms with E-state index in [0.717, 1.165) is 56.4 Å². The molecule has 180 valence electrons. The molecule has 3 aliphatic heterocycles. The normalized spacial score (nSPS) is 29.1. The minimum Gasteiger partial charge on any atom is -0.489 e. The maximum atomic E-state index is 13.4. The van der Waals surface area contributed by atoms with Crippen molar-refractivity contribution in [2.45, 2.75) is 68.5 Å². The number of carbonyl (C=O) groups is 1. The highest BCUT2D eigenvalue weighted by molar-refractivity contribution is 5.84. The van der Waals surface area contributed by atoms with Crippen molar-refractivity contribution in [3.8, 4) is 5.75 Å². The molecule has 3 saturated heterocycles. The summed E-state index contributed by atoms with van der Waals surface area (Å²) in [5.41, 5.74) is 2.41. The van der Waals surface area contributed by atoms with Crippen molar-refractivity contribution < 1.29 is 19.0 Å². The quantitative estimate of drug-likeness (QED) is 0.677. The van der Waals surface area contributed by atoms with Crippen LogP contribution in [0.3, 0.4) is 0 Å². The third-order valence-electron chi connectivity index (χ3n) is 8.55. The van der Waals surface area contributed by atoms with E-state index < -0.39 is 0 Å². The Morgan fingerprint density at radius 1 is 0.941 bits per heavy atom. The van der Waals surface area contributed by atoms with Crippen molar-refractivity contribution in [3.05, 3.63) is 65.7 Å². The largest absolute Gasteiger partial charge is 0.489 e. The standard InChI is InChI=1S/C28H34N2O4/c1-29-23-18-27(11-13-28(14-12-27)33-15-16-34-28)30(19-23)25(26(29)31)17-21-7-9-24(10-8-21)32-20-22-5-3-2-4-6-22/h2-10,23,25H,11-20H2,1H3/t23-,25-/m0/s1. The fourth-order valence-electron chi connectivity index (χ4n) is 6.56. The lowest BCUT2D eigenvalue weighted by atomic mass is 9.76. The highest BCUT2D eigenvalue weighted by atomic mass is 16.7. The van der Waals surface area contributed by atoms with Crippen LogP contribution >= 0.6 is 0 Å². The van der Waals surface area contributed by atoms with Crippen molar-refractivity contribution >= 4 is 5.91 Å². The van der Waals surface area contributed by atoms with Crippen LogP contribution in [-0.4, -0.2) is 65.9 Å². The van der Waals surface area contributed by atoms with E-state index in [1.54, 1.807) is 0 Å². The zero-order valence-corrected chi connectivity index (χ0v) is 19.9. The lowest BCUT2D eigenvalue weighted by Crippen LogP contribution is -2.61. The highest BCUT2D eigenvalue weighted by Crippen LogP contribution is 2.50. The molecular formula is C28H34N2O4. The number of ether oxygens (including phenoxy) is 3. The van der Waals surface area contributed by atoms with Gasteiger partial charge >= 0.3 is 0 Å². The second-order valence-electron chi connectivity index (χ2n) is 10.4. The Bertz CT molecular complexity index is 1010. The van der Waals surface area contributed by atoms with Gasteiger partial charge in [-0.15, -0.1) is 0 Å². The molecule has 1 unspecified atom stereocenters. The molecule has 0 N–H and O–H groups in total. The SMILES string of the molecule is CN1C(=O)[C@H](Cc2ccc(OCc3ccccc3)cc2)N2C[C@@H]1CC21CCC2(CC1)OCCO2. The van der Waals surface area contributed by atoms with Crippen LogP contribution in [-0.2, 0) is 27.3 Å². The predicted molar refractivity (Wildman–Crippen MR) is 128 cm³/mol. The first-order valence-corrected chi connectivity index (χ1v) is 12.6. The Morgan fingerprint density at radius 3 is 2.35 bits per heavy atom. The van der Waals surface area contributed by atoms with Gasteiger partial charge in [0.15, 0.2) is 5.79 Å². The van der Waals surface area contributed by atoms with Crippen molar-refractivity contribution in [2.75, 3.05) is 26.8 Å². The van der Waals surface area contributed by atoms with Crippen LogP contribution in [0.1, 0.15) is 43.2 Å². The Kier molecular flexibility index (Phi) is 5.63. The van der Waals surface area contributed by atoms with Crippen molar-refractivity contribution in [1.82, 2.24) is 9.80 Å². The van der Waals surface area contributed by atoms with Crippen LogP contribution in [0.25, 0.3) is 0 Å². The highest BCUT2D eigenvalue weighted by Gasteiger charge is 2.58. The smallest absolute Gasteiger partial charge is 0.240 e. The number of hydrogen-bond acceptors (Lipinski definition) is 5. The number of piperazine rings is 1. The van der Waals surface area contributed by atoms with E-state index in [1.165, 1.54) is 5.56 Å². The summed E-state index contributed by atoms with van der Waals surface area (Å²) < 4.78 is 17.9. The second-order valence-corrected chi connectivity index (χ2v) is 10.4. The number of carbonyl (C=O) groups excluding carboxylic acids is 1. The molecule has 6 nitrogen and oxygen atoms in total. The minimum atomic E-state index is -0.371. The first kappa shape index (κ1) is 22.1. The number of fused-ring (bicyclic) bond motifs is 3. The molecule has 3 atom stereocenters. The molecular weight excluding hydrogens is 428 g/mol. The van der Waals surface area contributed by atoms with Crippen LogP contribution in [0.15, 0.2) is 54.6 Å². The molecule has 1 amide bonds. The number of benzene rings is 2. The summed E-state index contributed by atoms with van der Waals surface area (Å²) in [7, 11) is 1.99. The van der Waals surface area contributed by atoms with Gasteiger partial charge in [-0.1, -0.05) is 42.5 Å². The molecule has 0 radical (unpaired) electrons. The van der Waals surface area contributed by atoms with Gasteiger partial charge in [0.05, 0.1) is 19.3 Å². The van der Waals surface area contributed by atoms with E-state index in [9.17, 15) is 4.79 Å². The van der Waals surface area contributed by atoms with Crippen molar-refractivity contribution in [2.24, 2.45) is 0 Å². The first-order chi connectivity index (χ1) is 16.6. The van der Waals surface area contributed by atoms with Gasteiger partial charge in [-0.25, -0.2) is 0 Å². The van der Waals surface area contributed by atoms with Gasteiger partial charge < -0.3 is 19.1 Å². The molecule has 3 heterocycles. The van der Waals surface area contributed by atoms with Gasteiger partial charge in [0.2, 0.25) is 5.91 Å². The van der Waals surface area contributed by atoms with Gasteiger partial charge in [0.25, 0.3) is 0 Å². The molecule has 34 heavy (non-hydrogen) atoms. The Labute approximate surface area is 201 Å². The lowest BCUT2D eigenvalue weighted by Gasteiger charge is -2.48. The first-order valence-electron chi connectivity index (χ1n) is 12.6. The van der Waals surface area contributed by atoms with Crippen LogP contribution < -0.4 is 4.74 Å². The number of amides is 1. The van der Waals surface area contributed by atoms with E-state index in [2.05, 4.69) is 29.2 Å². The number of likely N-dealkylation sites (N-methyl/N-ethyl adjacent to an activating group) is 1. The van der Waals surface area contributed by atoms with Gasteiger partial charge in [-0.3, -0.25) is 9.69 Å². The van der Waals surface area contributed by atoms with E-state index in [4.69, 9.17) is 14.2 Å². The monoisotopic (exact) mass is 462 g/mol. The predicted octanol–water partition coefficient (Wildman–Crippen LogP) is 3.78. The molecule has 1 aliphatic carbocycles. The molecule has 2 aromatic carbocycles. The summed E-state index contributed by atoms with van der Waals surface area (Å²) in [5.74, 6) is 0.738. The maximum absolute atomic E-state index is 13.4. The zero-order valence-electron chi connectivity index (χ0n) is 19.9. The molecule has 2 aromatic rings. The van der Waals surface area contributed by atoms with Gasteiger partial charge in [0, 0.05) is 38.0 Å². The number of rotatable bonds is 5. The van der Waals surface area contributed by atoms with Crippen LogP contribution in [0.2, 0.25) is 0 Å². The van der Waals surface area contributed by atoms with Crippen LogP contribution in [0.5, 0.6) is 5.75 Å². The van der Waals surface area contributed by atoms with E-state index in [1.807, 2.05) is 42.3 Å². The summed E-state index contributed by atoms with van der Waals surface area (Å²) >= 11 is 0. The van der Waals surface area contributed by atoms with E-state index in [0.29, 0.717) is 25.9 Å². The fraction of sp³-hybridized carbons (Fsp3) is 0.536. The van der Waals surface area contributed by atoms with Crippen LogP contribution in [0, 0.1) is 0 Å². The summed E-state index contributed by atoms with van der Waals surface area (Å²) in [6.45, 7) is 2.93. The second kappa shape index (κ2) is 8.67. The van der Waals surface area contributed by atoms with Crippen LogP contribution in [0.4, 0.5) is 0 Å². The molecule has 0 aromatic heterocycles. The topological polar surface area (TPSA) is 51.2 Å². The van der Waals surface area contributed by atoms with E-state index in [-0.39, 0.29) is 23.3 Å². The van der Waals surface area contributed by atoms with E-state index >= 15 is 0 Å². The average Bonchev–Trinajstić information content (AvgIpc) is 3.47. The van der Waals surface area contributed by atoms with Gasteiger partial charge in [-0.05, 0) is 48.9 Å². The summed E-state index contributed by atoms with van der Waals surface area (Å²) in [5, 5.41) is 0. The van der Waals surface area contributed by atoms with Gasteiger partial charge in [0.1, 0.15) is 12.4 Å². The lowest BCUT2D eigenvalue weighted by molar-refractivity contribution is -0.193. The molecule has 6 heteroatoms. The number of hydrogen-bond donors (Lipinski definition) is 0. The molecule has 1 saturated carbocycles. The minimum absolute atomic E-state index is 0.0784. The van der Waals surface area contributed by atoms with Crippen molar-refractivity contribution in [1.29, 1.82) is 0 Å². The maximum Gasteiger partial charge on any atom is 0.240 e. The summed E-state index contributed by atoms with van der Waals surface area (Å²) in [6.07, 6.45) is 5.71. The Hall–Kier alpha value is -2.41. The number of nitrogens with zero attached hydrogens (tertiary/aromatic N) is 2. The molecule has 4 aliphatic rings. The average molecular weight is 463 g/mol. The molecule has 6 rings (SSSR count). The van der Waals surface area contributed by atoms with Crippen molar-refractivity contribution in [3.63, 3.8) is 0 Å². The van der Waals surface area contributed by atoms with Gasteiger partial charge in [-0.2, -0.15) is 0 Å². The molecule has 2 spiro atoms. The molecule has 2 bridgehead atoms. The summed E-state index contributed by atoms with van der Waals surface area (Å²) in [6, 6.07) is 18.7. The Balaban J connectivity index is 1.15. The zero-order chi connectivity index (χ0) is 23.2. The third kappa shape index (κ3) is 3.92. The summed E-state index contributed by atoms with van der Waals surface area (Å²) in [4.78, 5) is 18.0. The Morgan fingerprint density at radius 2 is 1.65 bits per heavy atom. The fourth-order valence-corrected chi connectivity index (χ4v) is 6.56. The third-order valence-corrected chi connectivity index (χ3v) is 8.55. The molecule has 4 fully saturated rings.